The van der Waals surface area contributed by atoms with E-state index in [1.165, 1.54) is 4.90 Å². The van der Waals surface area contributed by atoms with Crippen LogP contribution in [-0.2, 0) is 5.41 Å². The number of aliphatic hydroxyl groups excluding tert-OH is 2. The van der Waals surface area contributed by atoms with E-state index in [4.69, 9.17) is 0 Å². The summed E-state index contributed by atoms with van der Waals surface area (Å²) in [6, 6.07) is 7.52. The summed E-state index contributed by atoms with van der Waals surface area (Å²) in [4.78, 5) is 14.0. The average molecular weight is 263 g/mol. The molecule has 1 aliphatic rings. The van der Waals surface area contributed by atoms with Gasteiger partial charge in [-0.15, -0.1) is 0 Å². The number of likely N-dealkylation sites (tertiary alicyclic amines) is 1. The summed E-state index contributed by atoms with van der Waals surface area (Å²) in [5.74, 6) is -0.124. The second kappa shape index (κ2) is 4.94. The molecular weight excluding hydrogens is 242 g/mol. The minimum Gasteiger partial charge on any atom is -0.388 e. The Balaban J connectivity index is 2.30. The van der Waals surface area contributed by atoms with Gasteiger partial charge in [0.15, 0.2) is 0 Å². The third kappa shape index (κ3) is 2.80. The van der Waals surface area contributed by atoms with Crippen LogP contribution in [0.15, 0.2) is 24.3 Å². The van der Waals surface area contributed by atoms with E-state index in [0.717, 1.165) is 5.56 Å². The van der Waals surface area contributed by atoms with E-state index in [-0.39, 0.29) is 24.4 Å². The lowest BCUT2D eigenvalue weighted by Gasteiger charge is -2.24. The fourth-order valence-corrected chi connectivity index (χ4v) is 2.43. The molecule has 1 saturated heterocycles. The van der Waals surface area contributed by atoms with Crippen molar-refractivity contribution in [3.63, 3.8) is 0 Å². The van der Waals surface area contributed by atoms with Crippen molar-refractivity contribution in [2.24, 2.45) is 0 Å². The van der Waals surface area contributed by atoms with Crippen LogP contribution in [0.4, 0.5) is 0 Å². The minimum absolute atomic E-state index is 0.122. The molecular formula is C15H21NO3. The predicted molar refractivity (Wildman–Crippen MR) is 73.1 cm³/mol. The highest BCUT2D eigenvalue weighted by Crippen LogP contribution is 2.27. The molecule has 0 saturated carbocycles. The van der Waals surface area contributed by atoms with Gasteiger partial charge in [-0.05, 0) is 17.0 Å². The second-order valence-corrected chi connectivity index (χ2v) is 6.14. The van der Waals surface area contributed by atoms with Crippen LogP contribution in [-0.4, -0.2) is 46.3 Å². The SMILES string of the molecule is CC(C)(C)c1ccccc1C(=O)N1CC(O)C(O)C1. The van der Waals surface area contributed by atoms with Gasteiger partial charge in [0, 0.05) is 18.7 Å². The molecule has 0 aliphatic carbocycles. The monoisotopic (exact) mass is 263 g/mol. The molecule has 0 radical (unpaired) electrons. The first-order valence-corrected chi connectivity index (χ1v) is 6.55. The third-order valence-electron chi connectivity index (χ3n) is 3.51. The number of rotatable bonds is 1. The zero-order valence-corrected chi connectivity index (χ0v) is 11.6. The first-order chi connectivity index (χ1) is 8.80. The number of amides is 1. The maximum atomic E-state index is 12.5. The molecule has 0 bridgehead atoms. The van der Waals surface area contributed by atoms with Crippen molar-refractivity contribution in [2.75, 3.05) is 13.1 Å². The highest BCUT2D eigenvalue weighted by Gasteiger charge is 2.34. The Morgan fingerprint density at radius 2 is 1.68 bits per heavy atom. The summed E-state index contributed by atoms with van der Waals surface area (Å²) >= 11 is 0. The van der Waals surface area contributed by atoms with Crippen LogP contribution >= 0.6 is 0 Å². The Bertz CT molecular complexity index is 469. The number of hydrogen-bond acceptors (Lipinski definition) is 3. The van der Waals surface area contributed by atoms with E-state index < -0.39 is 12.2 Å². The van der Waals surface area contributed by atoms with Crippen LogP contribution in [0, 0.1) is 0 Å². The van der Waals surface area contributed by atoms with E-state index in [1.807, 2.05) is 18.2 Å². The maximum Gasteiger partial charge on any atom is 0.254 e. The Morgan fingerprint density at radius 1 is 1.16 bits per heavy atom. The lowest BCUT2D eigenvalue weighted by Crippen LogP contribution is -2.32. The zero-order chi connectivity index (χ0) is 14.2. The number of β-amino-alcohol motifs (C(OH)–C–C–N with tert-alkyl or cyclic N) is 2. The zero-order valence-electron chi connectivity index (χ0n) is 11.6. The highest BCUT2D eigenvalue weighted by molar-refractivity contribution is 5.96. The largest absolute Gasteiger partial charge is 0.388 e. The molecule has 1 aliphatic heterocycles. The summed E-state index contributed by atoms with van der Waals surface area (Å²) in [6.45, 7) is 6.57. The predicted octanol–water partition coefficient (Wildman–Crippen LogP) is 1.16. The normalized spacial score (nSPS) is 23.7. The van der Waals surface area contributed by atoms with E-state index in [0.29, 0.717) is 5.56 Å². The summed E-state index contributed by atoms with van der Waals surface area (Å²) < 4.78 is 0. The summed E-state index contributed by atoms with van der Waals surface area (Å²) in [6.07, 6.45) is -1.68. The van der Waals surface area contributed by atoms with E-state index in [1.54, 1.807) is 6.07 Å². The lowest BCUT2D eigenvalue weighted by atomic mass is 9.83. The molecule has 1 aromatic carbocycles. The van der Waals surface area contributed by atoms with Gasteiger partial charge in [-0.2, -0.15) is 0 Å². The van der Waals surface area contributed by atoms with Gasteiger partial charge >= 0.3 is 0 Å². The van der Waals surface area contributed by atoms with Crippen molar-refractivity contribution in [1.82, 2.24) is 4.90 Å². The topological polar surface area (TPSA) is 60.8 Å². The van der Waals surface area contributed by atoms with Crippen molar-refractivity contribution < 1.29 is 15.0 Å². The van der Waals surface area contributed by atoms with Gasteiger partial charge in [-0.1, -0.05) is 39.0 Å². The molecule has 19 heavy (non-hydrogen) atoms. The van der Waals surface area contributed by atoms with Crippen molar-refractivity contribution >= 4 is 5.91 Å². The van der Waals surface area contributed by atoms with Crippen molar-refractivity contribution in [2.45, 2.75) is 38.4 Å². The van der Waals surface area contributed by atoms with Crippen LogP contribution in [0.25, 0.3) is 0 Å². The smallest absolute Gasteiger partial charge is 0.254 e. The molecule has 1 fully saturated rings. The molecule has 0 aromatic heterocycles. The van der Waals surface area contributed by atoms with Crippen LogP contribution in [0.1, 0.15) is 36.7 Å². The molecule has 1 heterocycles. The fraction of sp³-hybridized carbons (Fsp3) is 0.533. The average Bonchev–Trinajstić information content (AvgIpc) is 2.68. The lowest BCUT2D eigenvalue weighted by molar-refractivity contribution is 0.0572. The van der Waals surface area contributed by atoms with Crippen molar-refractivity contribution in [1.29, 1.82) is 0 Å². The Kier molecular flexibility index (Phi) is 3.65. The summed E-state index contributed by atoms with van der Waals surface area (Å²) in [5.41, 5.74) is 1.51. The second-order valence-electron chi connectivity index (χ2n) is 6.14. The standard InChI is InChI=1S/C15H21NO3/c1-15(2,3)11-7-5-4-6-10(11)14(19)16-8-12(17)13(18)9-16/h4-7,12-13,17-18H,8-9H2,1-3H3. The molecule has 4 heteroatoms. The molecule has 0 spiro atoms. The van der Waals surface area contributed by atoms with E-state index >= 15 is 0 Å². The van der Waals surface area contributed by atoms with Crippen molar-refractivity contribution in [3.05, 3.63) is 35.4 Å². The highest BCUT2D eigenvalue weighted by atomic mass is 16.3. The minimum atomic E-state index is -0.842. The summed E-state index contributed by atoms with van der Waals surface area (Å²) in [5, 5.41) is 19.1. The van der Waals surface area contributed by atoms with Crippen LogP contribution in [0.3, 0.4) is 0 Å². The number of aliphatic hydroxyl groups is 2. The molecule has 1 aromatic rings. The van der Waals surface area contributed by atoms with E-state index in [2.05, 4.69) is 20.8 Å². The maximum absolute atomic E-state index is 12.5. The Hall–Kier alpha value is -1.39. The quantitative estimate of drug-likeness (QED) is 0.799. The fourth-order valence-electron chi connectivity index (χ4n) is 2.43. The number of nitrogens with zero attached hydrogens (tertiary/aromatic N) is 1. The van der Waals surface area contributed by atoms with Gasteiger partial charge in [0.05, 0.1) is 12.2 Å². The van der Waals surface area contributed by atoms with Crippen LogP contribution in [0.2, 0.25) is 0 Å². The molecule has 2 N–H and O–H groups in total. The van der Waals surface area contributed by atoms with Gasteiger partial charge in [-0.25, -0.2) is 0 Å². The number of hydrogen-bond donors (Lipinski definition) is 2. The van der Waals surface area contributed by atoms with Gasteiger partial charge in [0.25, 0.3) is 5.91 Å². The van der Waals surface area contributed by atoms with Gasteiger partial charge < -0.3 is 15.1 Å². The van der Waals surface area contributed by atoms with Gasteiger partial charge in [-0.3, -0.25) is 4.79 Å². The molecule has 2 rings (SSSR count). The molecule has 2 unspecified atom stereocenters. The first-order valence-electron chi connectivity index (χ1n) is 6.55. The number of carbonyl (C=O) groups excluding carboxylic acids is 1. The molecule has 1 amide bonds. The van der Waals surface area contributed by atoms with Gasteiger partial charge in [0.2, 0.25) is 0 Å². The van der Waals surface area contributed by atoms with Crippen LogP contribution < -0.4 is 0 Å². The molecule has 2 atom stereocenters. The number of benzene rings is 1. The Morgan fingerprint density at radius 3 is 2.21 bits per heavy atom. The summed E-state index contributed by atoms with van der Waals surface area (Å²) in [7, 11) is 0. The Labute approximate surface area is 113 Å². The van der Waals surface area contributed by atoms with Crippen LogP contribution in [0.5, 0.6) is 0 Å². The third-order valence-corrected chi connectivity index (χ3v) is 3.51. The van der Waals surface area contributed by atoms with E-state index in [9.17, 15) is 15.0 Å². The first kappa shape index (κ1) is 14.0. The number of carbonyl (C=O) groups is 1. The van der Waals surface area contributed by atoms with Gasteiger partial charge in [0.1, 0.15) is 0 Å². The molecule has 104 valence electrons. The van der Waals surface area contributed by atoms with Crippen molar-refractivity contribution in [3.8, 4) is 0 Å². The molecule has 4 nitrogen and oxygen atoms in total.